The highest BCUT2D eigenvalue weighted by Gasteiger charge is 2.57. The third-order valence-corrected chi connectivity index (χ3v) is 12.8. The maximum atomic E-state index is 14.3. The van der Waals surface area contributed by atoms with Gasteiger partial charge in [-0.1, -0.05) is 0 Å². The molecule has 1 aromatic rings. The average molecular weight is 1140 g/mol. The zero-order valence-corrected chi connectivity index (χ0v) is 48.0. The van der Waals surface area contributed by atoms with E-state index in [1.165, 1.54) is 44.3 Å². The molecule has 0 spiro atoms. The van der Waals surface area contributed by atoms with E-state index < -0.39 is 148 Å². The average Bonchev–Trinajstić information content (AvgIpc) is 3.28. The number of hydrogen-bond acceptors (Lipinski definition) is 21. The van der Waals surface area contributed by atoms with Gasteiger partial charge in [-0.25, -0.2) is 19.2 Å². The molecule has 1 aromatic carbocycles. The number of alkyl carbamates (subject to hydrolysis) is 3. The second-order valence-electron chi connectivity index (χ2n) is 24.9. The molecule has 27 heteroatoms. The van der Waals surface area contributed by atoms with E-state index in [9.17, 15) is 59.3 Å². The van der Waals surface area contributed by atoms with E-state index in [1.807, 2.05) is 0 Å². The number of carbonyl (C=O) groups is 6. The Morgan fingerprint density at radius 3 is 1.80 bits per heavy atom. The maximum absolute atomic E-state index is 14.3. The normalized spacial score (nSPS) is 29.9. The van der Waals surface area contributed by atoms with Gasteiger partial charge in [-0.05, 0) is 145 Å². The minimum Gasteiger partial charge on any atom is -0.465 e. The topological polar surface area (TPSA) is 361 Å². The van der Waals surface area contributed by atoms with Gasteiger partial charge in [-0.2, -0.15) is 0 Å². The summed E-state index contributed by atoms with van der Waals surface area (Å²) < 4.78 is 52.6. The minimum absolute atomic E-state index is 0.0353. The van der Waals surface area contributed by atoms with Crippen LogP contribution < -0.4 is 21.3 Å². The number of carbonyl (C=O) groups excluding carboxylic acids is 6. The summed E-state index contributed by atoms with van der Waals surface area (Å²) in [6, 6.07) is 0.0436. The molecule has 0 bridgehead atoms. The number of nitro groups is 1. The Bertz CT molecular complexity index is 2400. The van der Waals surface area contributed by atoms with E-state index in [0.717, 1.165) is 4.90 Å². The van der Waals surface area contributed by atoms with E-state index in [4.69, 9.17) is 42.6 Å². The Hall–Kier alpha value is -6.10. The largest absolute Gasteiger partial charge is 0.465 e. The van der Waals surface area contributed by atoms with Gasteiger partial charge < -0.3 is 89.2 Å². The van der Waals surface area contributed by atoms with Crippen molar-refractivity contribution in [2.75, 3.05) is 20.2 Å². The molecule has 2 aliphatic carbocycles. The first-order valence-corrected chi connectivity index (χ1v) is 26.4. The van der Waals surface area contributed by atoms with Gasteiger partial charge in [0.05, 0.1) is 42.2 Å². The van der Waals surface area contributed by atoms with E-state index in [0.29, 0.717) is 5.56 Å². The molecule has 5 amide bonds. The third kappa shape index (κ3) is 18.7. The van der Waals surface area contributed by atoms with Crippen LogP contribution >= 0.6 is 0 Å². The molecule has 2 saturated carbocycles. The molecular formula is C53H82N6O21. The van der Waals surface area contributed by atoms with Crippen LogP contribution in [0.1, 0.15) is 128 Å². The number of likely N-dealkylation sites (N-methyl/N-ethyl adjacent to an activating group) is 1. The predicted octanol–water partition coefficient (Wildman–Crippen LogP) is 3.83. The van der Waals surface area contributed by atoms with Gasteiger partial charge in [-0.15, -0.1) is 0 Å². The highest BCUT2D eigenvalue weighted by atomic mass is 16.7. The molecule has 4 aliphatic rings. The maximum Gasteiger partial charge on any atom is 0.410 e. The smallest absolute Gasteiger partial charge is 0.410 e. The standard InChI is InChI=1S/C53H82N6O21/c1-48(2,3)77-35(60)21-29-23-53(69,24-29)43(63)55-33-22-34(57-46(66)79-50(7,8)9)39(36(61)38(33)76-42-37(62)40(52(13,68)27-73-42)58(14)47(67)80-51(10,11)12)75-41-32(56-45(65)78-49(4,5)6)20-19-31(74-41)25-54-44(64)72-26-28-15-17-30(18-16-28)59(70)71/h15-19,29,32-34,36-42,61-62,68-69H,20-27H2,1-14H3,(H,54,64)(H,55,63)(H,56,65)(H,57,66)/t29?,32-,33-,34+,36-,37-,38+,39-,40-,41-,42-,52+,53?/m1/s1. The molecule has 2 aliphatic heterocycles. The van der Waals surface area contributed by atoms with Crippen LogP contribution in [0.2, 0.25) is 0 Å². The Balaban J connectivity index is 1.49. The van der Waals surface area contributed by atoms with E-state index in [-0.39, 0.29) is 56.7 Å². The molecule has 2 heterocycles. The number of nitro benzene ring substituents is 1. The number of ether oxygens (including phenoxy) is 9. The van der Waals surface area contributed by atoms with Crippen LogP contribution in [0, 0.1) is 16.0 Å². The van der Waals surface area contributed by atoms with Gasteiger partial charge in [0.2, 0.25) is 6.29 Å². The molecule has 0 aromatic heterocycles. The first-order valence-electron chi connectivity index (χ1n) is 26.4. The first kappa shape index (κ1) is 64.7. The fraction of sp³-hybridized carbons (Fsp3) is 0.736. The Kier molecular flexibility index (Phi) is 20.5. The third-order valence-electron chi connectivity index (χ3n) is 12.8. The summed E-state index contributed by atoms with van der Waals surface area (Å²) in [4.78, 5) is 91.8. The van der Waals surface area contributed by atoms with E-state index >= 15 is 0 Å². The summed E-state index contributed by atoms with van der Waals surface area (Å²) >= 11 is 0. The predicted molar refractivity (Wildman–Crippen MR) is 280 cm³/mol. The molecule has 450 valence electrons. The SMILES string of the molecule is CN(C(=O)OC(C)(C)C)[C@@H]1[C@@H](O)[C@@H](O[C@@H]2[C@@H](O)[C@H](O[C@H]3OC(CNC(=O)OCc4ccc([N+](=O)[O-])cc4)=CC[C@H]3NC(=O)OC(C)(C)C)[C@@H](NC(=O)OC(C)(C)C)C[C@H]2NC(=O)C2(O)CC(CC(=O)OC(C)(C)C)C2)OC[C@]1(C)O. The lowest BCUT2D eigenvalue weighted by molar-refractivity contribution is -0.384. The summed E-state index contributed by atoms with van der Waals surface area (Å²) in [6.45, 7) is 19.9. The summed E-state index contributed by atoms with van der Waals surface area (Å²) in [6.07, 6.45) is -13.6. The molecule has 27 nitrogen and oxygen atoms in total. The van der Waals surface area contributed by atoms with Crippen molar-refractivity contribution < 1.29 is 96.7 Å². The molecule has 0 radical (unpaired) electrons. The number of amides is 5. The van der Waals surface area contributed by atoms with Gasteiger partial charge in [0.1, 0.15) is 70.4 Å². The number of esters is 1. The lowest BCUT2D eigenvalue weighted by Gasteiger charge is -2.51. The number of nitrogens with one attached hydrogen (secondary N) is 4. The summed E-state index contributed by atoms with van der Waals surface area (Å²) in [5, 5.41) is 69.8. The molecule has 3 fully saturated rings. The molecule has 8 N–H and O–H groups in total. The number of hydrogen-bond donors (Lipinski definition) is 8. The summed E-state index contributed by atoms with van der Waals surface area (Å²) in [5.41, 5.74) is -7.43. The van der Waals surface area contributed by atoms with Gasteiger partial charge >= 0.3 is 30.3 Å². The Morgan fingerprint density at radius 2 is 1.26 bits per heavy atom. The molecule has 11 atom stereocenters. The molecule has 1 saturated heterocycles. The number of nitrogens with zero attached hydrogens (tertiary/aromatic N) is 2. The summed E-state index contributed by atoms with van der Waals surface area (Å²) in [5.74, 6) is -1.84. The van der Waals surface area contributed by atoms with Gasteiger partial charge in [-0.3, -0.25) is 19.7 Å². The van der Waals surface area contributed by atoms with Crippen molar-refractivity contribution in [1.82, 2.24) is 26.2 Å². The number of benzene rings is 1. The Morgan fingerprint density at radius 1 is 0.738 bits per heavy atom. The van der Waals surface area contributed by atoms with Gasteiger partial charge in [0, 0.05) is 25.6 Å². The number of non-ortho nitro benzene ring substituents is 1. The van der Waals surface area contributed by atoms with Crippen molar-refractivity contribution in [1.29, 1.82) is 0 Å². The van der Waals surface area contributed by atoms with Crippen LogP contribution in [-0.2, 0) is 58.8 Å². The van der Waals surface area contributed by atoms with Crippen molar-refractivity contribution in [3.8, 4) is 0 Å². The first-order chi connectivity index (χ1) is 36.7. The van der Waals surface area contributed by atoms with Crippen molar-refractivity contribution in [2.24, 2.45) is 5.92 Å². The second-order valence-corrected chi connectivity index (χ2v) is 24.9. The molecular weight excluding hydrogens is 1060 g/mol. The molecule has 0 unspecified atom stereocenters. The van der Waals surface area contributed by atoms with Gasteiger partial charge in [0.15, 0.2) is 6.29 Å². The van der Waals surface area contributed by atoms with Crippen molar-refractivity contribution >= 4 is 41.9 Å². The number of aliphatic hydroxyl groups excluding tert-OH is 2. The van der Waals surface area contributed by atoms with Crippen LogP contribution in [0.4, 0.5) is 24.9 Å². The Labute approximate surface area is 465 Å². The zero-order chi connectivity index (χ0) is 60.1. The highest BCUT2D eigenvalue weighted by Crippen LogP contribution is 2.42. The van der Waals surface area contributed by atoms with E-state index in [1.54, 1.807) is 83.1 Å². The number of rotatable bonds is 16. The van der Waals surface area contributed by atoms with Gasteiger partial charge in [0.25, 0.3) is 11.6 Å². The van der Waals surface area contributed by atoms with Crippen LogP contribution in [-0.4, -0.2) is 181 Å². The van der Waals surface area contributed by atoms with Crippen molar-refractivity contribution in [3.63, 3.8) is 0 Å². The fourth-order valence-corrected chi connectivity index (χ4v) is 9.46. The summed E-state index contributed by atoms with van der Waals surface area (Å²) in [7, 11) is 1.29. The number of aliphatic hydroxyl groups is 4. The van der Waals surface area contributed by atoms with Crippen molar-refractivity contribution in [3.05, 3.63) is 51.8 Å². The lowest BCUT2D eigenvalue weighted by atomic mass is 9.68. The molecule has 80 heavy (non-hydrogen) atoms. The van der Waals surface area contributed by atoms with Crippen LogP contribution in [0.15, 0.2) is 36.1 Å². The zero-order valence-electron chi connectivity index (χ0n) is 48.0. The van der Waals surface area contributed by atoms with E-state index in [2.05, 4.69) is 21.3 Å². The van der Waals surface area contributed by atoms with Crippen LogP contribution in [0.25, 0.3) is 0 Å². The molecule has 5 rings (SSSR count). The second kappa shape index (κ2) is 25.4. The monoisotopic (exact) mass is 1140 g/mol. The fourth-order valence-electron chi connectivity index (χ4n) is 9.46. The minimum atomic E-state index is -2.03. The van der Waals surface area contributed by atoms with Crippen LogP contribution in [0.3, 0.4) is 0 Å². The highest BCUT2D eigenvalue weighted by molar-refractivity contribution is 5.86. The lowest BCUT2D eigenvalue weighted by Crippen LogP contribution is -2.71. The quantitative estimate of drug-likeness (QED) is 0.0504. The van der Waals surface area contributed by atoms with Crippen LogP contribution in [0.5, 0.6) is 0 Å². The van der Waals surface area contributed by atoms with Crippen molar-refractivity contribution in [2.45, 2.75) is 223 Å².